The molecule has 1 saturated heterocycles. The lowest BCUT2D eigenvalue weighted by Gasteiger charge is -2.29. The maximum Gasteiger partial charge on any atom is 0.250 e. The molecule has 0 aromatic carbocycles. The second-order valence-electron chi connectivity index (χ2n) is 4.36. The Hall–Kier alpha value is -1.40. The number of hydrogen-bond acceptors (Lipinski definition) is 4. The molecule has 2 atom stereocenters. The van der Waals surface area contributed by atoms with Crippen LogP contribution in [0, 0.1) is 0 Å². The standard InChI is InChI=1S/C11H18N4O2/c1-8(9-3-4-12-14-9)13-11(16)10-7-15(2)5-6-17-10/h3-4,8,10H,5-7H2,1-2H3,(H,12,14)(H,13,16). The van der Waals surface area contributed by atoms with Gasteiger partial charge in [0.1, 0.15) is 6.10 Å². The van der Waals surface area contributed by atoms with Crippen molar-refractivity contribution in [3.8, 4) is 0 Å². The third kappa shape index (κ3) is 3.04. The van der Waals surface area contributed by atoms with Gasteiger partial charge in [0.25, 0.3) is 5.91 Å². The predicted octanol–water partition coefficient (Wildman–Crippen LogP) is -0.0825. The van der Waals surface area contributed by atoms with Gasteiger partial charge in [0.15, 0.2) is 0 Å². The normalized spacial score (nSPS) is 23.3. The van der Waals surface area contributed by atoms with Crippen molar-refractivity contribution >= 4 is 5.91 Å². The summed E-state index contributed by atoms with van der Waals surface area (Å²) in [5.74, 6) is -0.0707. The molecular weight excluding hydrogens is 220 g/mol. The second kappa shape index (κ2) is 5.29. The van der Waals surface area contributed by atoms with Crippen molar-refractivity contribution < 1.29 is 9.53 Å². The Morgan fingerprint density at radius 1 is 1.76 bits per heavy atom. The Labute approximate surface area is 100 Å². The fourth-order valence-corrected chi connectivity index (χ4v) is 1.83. The smallest absolute Gasteiger partial charge is 0.250 e. The van der Waals surface area contributed by atoms with E-state index in [0.29, 0.717) is 13.2 Å². The lowest BCUT2D eigenvalue weighted by atomic mass is 10.2. The summed E-state index contributed by atoms with van der Waals surface area (Å²) in [7, 11) is 1.99. The molecule has 6 heteroatoms. The lowest BCUT2D eigenvalue weighted by molar-refractivity contribution is -0.138. The number of nitrogens with zero attached hydrogens (tertiary/aromatic N) is 2. The molecule has 6 nitrogen and oxygen atoms in total. The minimum Gasteiger partial charge on any atom is -0.366 e. The van der Waals surface area contributed by atoms with Gasteiger partial charge in [-0.25, -0.2) is 0 Å². The van der Waals surface area contributed by atoms with E-state index in [2.05, 4.69) is 20.4 Å². The number of ether oxygens (including phenoxy) is 1. The summed E-state index contributed by atoms with van der Waals surface area (Å²) in [5.41, 5.74) is 0.891. The van der Waals surface area contributed by atoms with Crippen molar-refractivity contribution in [2.24, 2.45) is 0 Å². The third-order valence-corrected chi connectivity index (χ3v) is 2.91. The highest BCUT2D eigenvalue weighted by Crippen LogP contribution is 2.09. The SMILES string of the molecule is CC(NC(=O)C1CN(C)CCO1)c1ccn[nH]1. The summed E-state index contributed by atoms with van der Waals surface area (Å²) in [5, 5.41) is 9.61. The fraction of sp³-hybridized carbons (Fsp3) is 0.636. The molecule has 0 radical (unpaired) electrons. The van der Waals surface area contributed by atoms with Gasteiger partial charge in [-0.3, -0.25) is 9.89 Å². The van der Waals surface area contributed by atoms with Crippen LogP contribution in [0.2, 0.25) is 0 Å². The number of morpholine rings is 1. The number of rotatable bonds is 3. The van der Waals surface area contributed by atoms with Crippen molar-refractivity contribution in [1.82, 2.24) is 20.4 Å². The van der Waals surface area contributed by atoms with Crippen LogP contribution in [-0.2, 0) is 9.53 Å². The quantitative estimate of drug-likeness (QED) is 0.772. The van der Waals surface area contributed by atoms with Crippen LogP contribution in [0.1, 0.15) is 18.7 Å². The van der Waals surface area contributed by atoms with Crippen molar-refractivity contribution in [1.29, 1.82) is 0 Å². The van der Waals surface area contributed by atoms with Crippen LogP contribution in [0.15, 0.2) is 12.3 Å². The molecule has 94 valence electrons. The third-order valence-electron chi connectivity index (χ3n) is 2.91. The average Bonchev–Trinajstić information content (AvgIpc) is 2.82. The van der Waals surface area contributed by atoms with Crippen LogP contribution in [0.3, 0.4) is 0 Å². The first-order chi connectivity index (χ1) is 8.16. The minimum atomic E-state index is -0.376. The Balaban J connectivity index is 1.88. The molecular formula is C11H18N4O2. The number of aromatic nitrogens is 2. The summed E-state index contributed by atoms with van der Waals surface area (Å²) >= 11 is 0. The Bertz CT molecular complexity index is 366. The Kier molecular flexibility index (Phi) is 3.75. The lowest BCUT2D eigenvalue weighted by Crippen LogP contribution is -2.48. The van der Waals surface area contributed by atoms with Crippen molar-refractivity contribution in [3.05, 3.63) is 18.0 Å². The van der Waals surface area contributed by atoms with Crippen LogP contribution in [0.25, 0.3) is 0 Å². The number of nitrogens with one attached hydrogen (secondary N) is 2. The summed E-state index contributed by atoms with van der Waals surface area (Å²) in [6, 6.07) is 1.76. The monoisotopic (exact) mass is 238 g/mol. The first-order valence-electron chi connectivity index (χ1n) is 5.76. The van der Waals surface area contributed by atoms with E-state index in [1.807, 2.05) is 20.0 Å². The van der Waals surface area contributed by atoms with Crippen LogP contribution < -0.4 is 5.32 Å². The number of H-pyrrole nitrogens is 1. The van der Waals surface area contributed by atoms with Gasteiger partial charge in [-0.15, -0.1) is 0 Å². The molecule has 1 aliphatic heterocycles. The Morgan fingerprint density at radius 2 is 2.59 bits per heavy atom. The number of carbonyl (C=O) groups is 1. The van der Waals surface area contributed by atoms with Gasteiger partial charge in [-0.2, -0.15) is 5.10 Å². The van der Waals surface area contributed by atoms with Gasteiger partial charge in [0.05, 0.1) is 18.3 Å². The molecule has 1 amide bonds. The number of aromatic amines is 1. The molecule has 0 bridgehead atoms. The molecule has 0 spiro atoms. The fourth-order valence-electron chi connectivity index (χ4n) is 1.83. The molecule has 0 saturated carbocycles. The zero-order chi connectivity index (χ0) is 12.3. The van der Waals surface area contributed by atoms with Crippen molar-refractivity contribution in [2.45, 2.75) is 19.1 Å². The van der Waals surface area contributed by atoms with E-state index in [1.165, 1.54) is 0 Å². The van der Waals surface area contributed by atoms with E-state index in [9.17, 15) is 4.79 Å². The average molecular weight is 238 g/mol. The molecule has 2 N–H and O–H groups in total. The summed E-state index contributed by atoms with van der Waals surface area (Å²) < 4.78 is 5.45. The highest BCUT2D eigenvalue weighted by Gasteiger charge is 2.26. The number of amides is 1. The molecule has 1 fully saturated rings. The van der Waals surface area contributed by atoms with E-state index in [-0.39, 0.29) is 18.1 Å². The summed E-state index contributed by atoms with van der Waals surface area (Å²) in [6.45, 7) is 4.03. The second-order valence-corrected chi connectivity index (χ2v) is 4.36. The van der Waals surface area contributed by atoms with Crippen LogP contribution in [-0.4, -0.2) is 53.9 Å². The number of likely N-dealkylation sites (N-methyl/N-ethyl adjacent to an activating group) is 1. The number of carbonyl (C=O) groups excluding carboxylic acids is 1. The van der Waals surface area contributed by atoms with E-state index in [0.717, 1.165) is 12.2 Å². The maximum absolute atomic E-state index is 12.0. The van der Waals surface area contributed by atoms with Gasteiger partial charge >= 0.3 is 0 Å². The molecule has 0 aliphatic carbocycles. The predicted molar refractivity (Wildman–Crippen MR) is 62.4 cm³/mol. The van der Waals surface area contributed by atoms with Crippen LogP contribution in [0.4, 0.5) is 0 Å². The van der Waals surface area contributed by atoms with Crippen LogP contribution in [0.5, 0.6) is 0 Å². The highest BCUT2D eigenvalue weighted by atomic mass is 16.5. The minimum absolute atomic E-state index is 0.0707. The zero-order valence-electron chi connectivity index (χ0n) is 10.1. The van der Waals surface area contributed by atoms with Crippen molar-refractivity contribution in [3.63, 3.8) is 0 Å². The molecule has 2 heterocycles. The van der Waals surface area contributed by atoms with Gasteiger partial charge in [-0.1, -0.05) is 0 Å². The topological polar surface area (TPSA) is 70.2 Å². The van der Waals surface area contributed by atoms with Crippen LogP contribution >= 0.6 is 0 Å². The zero-order valence-corrected chi connectivity index (χ0v) is 10.1. The molecule has 1 aromatic rings. The van der Waals surface area contributed by atoms with E-state index >= 15 is 0 Å². The van der Waals surface area contributed by atoms with E-state index in [1.54, 1.807) is 6.20 Å². The Morgan fingerprint density at radius 3 is 3.24 bits per heavy atom. The molecule has 1 aromatic heterocycles. The first-order valence-corrected chi connectivity index (χ1v) is 5.76. The molecule has 2 rings (SSSR count). The number of hydrogen-bond donors (Lipinski definition) is 2. The van der Waals surface area contributed by atoms with Gasteiger partial charge in [0.2, 0.25) is 0 Å². The molecule has 1 aliphatic rings. The highest BCUT2D eigenvalue weighted by molar-refractivity contribution is 5.81. The molecule has 17 heavy (non-hydrogen) atoms. The summed E-state index contributed by atoms with van der Waals surface area (Å²) in [4.78, 5) is 14.0. The van der Waals surface area contributed by atoms with Gasteiger partial charge in [0, 0.05) is 19.3 Å². The summed E-state index contributed by atoms with van der Waals surface area (Å²) in [6.07, 6.45) is 1.29. The largest absolute Gasteiger partial charge is 0.366 e. The van der Waals surface area contributed by atoms with E-state index < -0.39 is 0 Å². The van der Waals surface area contributed by atoms with Gasteiger partial charge in [-0.05, 0) is 20.0 Å². The maximum atomic E-state index is 12.0. The van der Waals surface area contributed by atoms with Gasteiger partial charge < -0.3 is 15.0 Å². The van der Waals surface area contributed by atoms with E-state index in [4.69, 9.17) is 4.74 Å². The first kappa shape index (κ1) is 12.1. The van der Waals surface area contributed by atoms with Crippen molar-refractivity contribution in [2.75, 3.05) is 26.7 Å². The molecule has 2 unspecified atom stereocenters.